The number of urea groups is 1. The molecule has 1 aromatic rings. The Hall–Kier alpha value is -2.08. The maximum Gasteiger partial charge on any atom is 0.337 e. The molecule has 0 aliphatic heterocycles. The van der Waals surface area contributed by atoms with E-state index in [9.17, 15) is 9.59 Å². The van der Waals surface area contributed by atoms with Crippen molar-refractivity contribution in [1.82, 2.24) is 5.32 Å². The molecule has 17 heavy (non-hydrogen) atoms. The summed E-state index contributed by atoms with van der Waals surface area (Å²) in [5, 5.41) is 5.17. The topological polar surface area (TPSA) is 93.4 Å². The van der Waals surface area contributed by atoms with E-state index in [1.807, 2.05) is 0 Å². The molecular weight excluding hydrogens is 222 g/mol. The summed E-state index contributed by atoms with van der Waals surface area (Å²) in [5.41, 5.74) is 6.27. The molecule has 0 bridgehead atoms. The fourth-order valence-corrected chi connectivity index (χ4v) is 1.17. The SMILES string of the molecule is COC(=O)c1ccc(NC(=O)NCCN)cc1. The Morgan fingerprint density at radius 1 is 1.29 bits per heavy atom. The van der Waals surface area contributed by atoms with Gasteiger partial charge >= 0.3 is 12.0 Å². The van der Waals surface area contributed by atoms with Crippen LogP contribution in [-0.2, 0) is 4.74 Å². The number of ether oxygens (including phenoxy) is 1. The van der Waals surface area contributed by atoms with Crippen molar-refractivity contribution in [3.05, 3.63) is 29.8 Å². The summed E-state index contributed by atoms with van der Waals surface area (Å²) in [6.45, 7) is 0.792. The van der Waals surface area contributed by atoms with Gasteiger partial charge in [-0.3, -0.25) is 0 Å². The Bertz CT molecular complexity index is 389. The van der Waals surface area contributed by atoms with Crippen molar-refractivity contribution in [2.24, 2.45) is 5.73 Å². The molecule has 0 heterocycles. The zero-order valence-electron chi connectivity index (χ0n) is 9.53. The molecule has 1 aromatic carbocycles. The number of hydrogen-bond donors (Lipinski definition) is 3. The normalized spacial score (nSPS) is 9.53. The van der Waals surface area contributed by atoms with Crippen LogP contribution < -0.4 is 16.4 Å². The number of anilines is 1. The molecule has 92 valence electrons. The fraction of sp³-hybridized carbons (Fsp3) is 0.273. The van der Waals surface area contributed by atoms with Crippen LogP contribution >= 0.6 is 0 Å². The van der Waals surface area contributed by atoms with Gasteiger partial charge in [0.2, 0.25) is 0 Å². The number of nitrogens with one attached hydrogen (secondary N) is 2. The summed E-state index contributed by atoms with van der Waals surface area (Å²) in [7, 11) is 1.31. The van der Waals surface area contributed by atoms with Gasteiger partial charge in [0.25, 0.3) is 0 Å². The number of amides is 2. The van der Waals surface area contributed by atoms with E-state index in [1.165, 1.54) is 7.11 Å². The van der Waals surface area contributed by atoms with E-state index in [0.717, 1.165) is 0 Å². The van der Waals surface area contributed by atoms with E-state index in [0.29, 0.717) is 24.3 Å². The third kappa shape index (κ3) is 4.12. The predicted molar refractivity (Wildman–Crippen MR) is 63.9 cm³/mol. The zero-order valence-corrected chi connectivity index (χ0v) is 9.53. The summed E-state index contributed by atoms with van der Waals surface area (Å²) in [6, 6.07) is 6.05. The number of rotatable bonds is 4. The van der Waals surface area contributed by atoms with E-state index >= 15 is 0 Å². The number of methoxy groups -OCH3 is 1. The third-order valence-corrected chi connectivity index (χ3v) is 1.99. The number of carbonyl (C=O) groups excluding carboxylic acids is 2. The van der Waals surface area contributed by atoms with E-state index in [4.69, 9.17) is 5.73 Å². The van der Waals surface area contributed by atoms with Gasteiger partial charge in [-0.25, -0.2) is 9.59 Å². The van der Waals surface area contributed by atoms with Crippen molar-refractivity contribution >= 4 is 17.7 Å². The van der Waals surface area contributed by atoms with Crippen molar-refractivity contribution in [2.45, 2.75) is 0 Å². The highest BCUT2D eigenvalue weighted by Gasteiger charge is 2.05. The monoisotopic (exact) mass is 237 g/mol. The molecule has 1 rings (SSSR count). The van der Waals surface area contributed by atoms with Crippen molar-refractivity contribution in [3.63, 3.8) is 0 Å². The highest BCUT2D eigenvalue weighted by atomic mass is 16.5. The minimum Gasteiger partial charge on any atom is -0.465 e. The maximum atomic E-state index is 11.3. The van der Waals surface area contributed by atoms with Crippen LogP contribution in [0.4, 0.5) is 10.5 Å². The largest absolute Gasteiger partial charge is 0.465 e. The van der Waals surface area contributed by atoms with E-state index in [-0.39, 0.29) is 6.03 Å². The smallest absolute Gasteiger partial charge is 0.337 e. The second kappa shape index (κ2) is 6.49. The van der Waals surface area contributed by atoms with Gasteiger partial charge in [-0.1, -0.05) is 0 Å². The zero-order chi connectivity index (χ0) is 12.7. The van der Waals surface area contributed by atoms with Crippen LogP contribution in [0.1, 0.15) is 10.4 Å². The molecule has 0 saturated heterocycles. The van der Waals surface area contributed by atoms with Gasteiger partial charge in [0.1, 0.15) is 0 Å². The molecule has 0 atom stereocenters. The average Bonchev–Trinajstić information content (AvgIpc) is 2.36. The van der Waals surface area contributed by atoms with Crippen molar-refractivity contribution in [1.29, 1.82) is 0 Å². The summed E-state index contributed by atoms with van der Waals surface area (Å²) in [5.74, 6) is -0.413. The van der Waals surface area contributed by atoms with Gasteiger partial charge < -0.3 is 21.1 Å². The molecule has 4 N–H and O–H groups in total. The number of esters is 1. The second-order valence-electron chi connectivity index (χ2n) is 3.24. The maximum absolute atomic E-state index is 11.3. The van der Waals surface area contributed by atoms with Gasteiger partial charge in [0, 0.05) is 18.8 Å². The highest BCUT2D eigenvalue weighted by molar-refractivity contribution is 5.92. The summed E-state index contributed by atoms with van der Waals surface area (Å²) in [6.07, 6.45) is 0. The fourth-order valence-electron chi connectivity index (χ4n) is 1.17. The van der Waals surface area contributed by atoms with Gasteiger partial charge in [-0.05, 0) is 24.3 Å². The molecule has 0 unspecified atom stereocenters. The lowest BCUT2D eigenvalue weighted by molar-refractivity contribution is 0.0601. The predicted octanol–water partition coefficient (Wildman–Crippen LogP) is 0.553. The van der Waals surface area contributed by atoms with Crippen LogP contribution in [0, 0.1) is 0 Å². The lowest BCUT2D eigenvalue weighted by Crippen LogP contribution is -2.32. The summed E-state index contributed by atoms with van der Waals surface area (Å²) < 4.78 is 4.56. The van der Waals surface area contributed by atoms with E-state index in [1.54, 1.807) is 24.3 Å². The number of benzene rings is 1. The second-order valence-corrected chi connectivity index (χ2v) is 3.24. The molecule has 0 saturated carbocycles. The Kier molecular flexibility index (Phi) is 4.96. The Balaban J connectivity index is 2.56. The first-order valence-electron chi connectivity index (χ1n) is 5.10. The molecule has 0 aromatic heterocycles. The van der Waals surface area contributed by atoms with Gasteiger partial charge in [0.15, 0.2) is 0 Å². The first kappa shape index (κ1) is 13.0. The van der Waals surface area contributed by atoms with E-state index in [2.05, 4.69) is 15.4 Å². The van der Waals surface area contributed by atoms with Gasteiger partial charge in [-0.15, -0.1) is 0 Å². The van der Waals surface area contributed by atoms with Crippen LogP contribution in [-0.4, -0.2) is 32.2 Å². The lowest BCUT2D eigenvalue weighted by atomic mass is 10.2. The number of nitrogens with two attached hydrogens (primary N) is 1. The first-order valence-corrected chi connectivity index (χ1v) is 5.10. The minimum absolute atomic E-state index is 0.332. The van der Waals surface area contributed by atoms with Crippen LogP contribution in [0.2, 0.25) is 0 Å². The Morgan fingerprint density at radius 2 is 1.94 bits per heavy atom. The molecule has 6 heteroatoms. The number of carbonyl (C=O) groups is 2. The summed E-state index contributed by atoms with van der Waals surface area (Å²) in [4.78, 5) is 22.4. The van der Waals surface area contributed by atoms with Crippen LogP contribution in [0.5, 0.6) is 0 Å². The van der Waals surface area contributed by atoms with Crippen LogP contribution in [0.25, 0.3) is 0 Å². The van der Waals surface area contributed by atoms with Gasteiger partial charge in [-0.2, -0.15) is 0 Å². The molecule has 6 nitrogen and oxygen atoms in total. The minimum atomic E-state index is -0.413. The van der Waals surface area contributed by atoms with Crippen molar-refractivity contribution < 1.29 is 14.3 Å². The molecular formula is C11H15N3O3. The Morgan fingerprint density at radius 3 is 2.47 bits per heavy atom. The molecule has 0 aliphatic rings. The number of hydrogen-bond acceptors (Lipinski definition) is 4. The third-order valence-electron chi connectivity index (χ3n) is 1.99. The standard InChI is InChI=1S/C11H15N3O3/c1-17-10(15)8-2-4-9(5-3-8)14-11(16)13-7-6-12/h2-5H,6-7,12H2,1H3,(H2,13,14,16). The van der Waals surface area contributed by atoms with E-state index < -0.39 is 5.97 Å². The molecule has 2 amide bonds. The highest BCUT2D eigenvalue weighted by Crippen LogP contribution is 2.09. The van der Waals surface area contributed by atoms with Crippen molar-refractivity contribution in [2.75, 3.05) is 25.5 Å². The van der Waals surface area contributed by atoms with Gasteiger partial charge in [0.05, 0.1) is 12.7 Å². The quantitative estimate of drug-likeness (QED) is 0.667. The molecule has 0 fully saturated rings. The van der Waals surface area contributed by atoms with Crippen molar-refractivity contribution in [3.8, 4) is 0 Å². The lowest BCUT2D eigenvalue weighted by Gasteiger charge is -2.06. The average molecular weight is 237 g/mol. The first-order chi connectivity index (χ1) is 8.17. The molecule has 0 aliphatic carbocycles. The summed E-state index contributed by atoms with van der Waals surface area (Å²) >= 11 is 0. The van der Waals surface area contributed by atoms with Crippen LogP contribution in [0.15, 0.2) is 24.3 Å². The molecule has 0 spiro atoms. The molecule has 0 radical (unpaired) electrons. The Labute approximate surface area is 99.1 Å². The van der Waals surface area contributed by atoms with Crippen LogP contribution in [0.3, 0.4) is 0 Å².